The van der Waals surface area contributed by atoms with E-state index in [1.54, 1.807) is 4.94 Å². The molecular weight excluding hydrogens is 163 g/mol. The zero-order chi connectivity index (χ0) is 2.71. The van der Waals surface area contributed by atoms with Crippen molar-refractivity contribution in [1.29, 1.82) is 0 Å². The summed E-state index contributed by atoms with van der Waals surface area (Å²) in [4.78, 5) is 1.74. The van der Waals surface area contributed by atoms with Crippen molar-refractivity contribution in [2.45, 2.75) is 4.94 Å². The summed E-state index contributed by atoms with van der Waals surface area (Å²) in [5, 5.41) is 0. The minimum absolute atomic E-state index is 0. The molecule has 0 atom stereocenters. The Morgan fingerprint density at radius 2 is 1.75 bits per heavy atom. The van der Waals surface area contributed by atoms with Gasteiger partial charge in [0.15, 0.2) is 0 Å². The Morgan fingerprint density at radius 1 is 1.75 bits per heavy atom. The molecule has 0 aromatic rings. The van der Waals surface area contributed by atoms with Crippen molar-refractivity contribution >= 4 is 21.1 Å². The Balaban J connectivity index is 0. The second kappa shape index (κ2) is 9.59. The monoisotopic (exact) mass is 169 g/mol. The first kappa shape index (κ1) is 8.82. The van der Waals surface area contributed by atoms with E-state index in [1.807, 2.05) is 0 Å². The van der Waals surface area contributed by atoms with E-state index in [0.717, 1.165) is 0 Å². The van der Waals surface area contributed by atoms with Crippen LogP contribution < -0.4 is 0 Å². The number of hydrogen-bond donors (Lipinski definition) is 0. The van der Waals surface area contributed by atoms with Gasteiger partial charge in [0.2, 0.25) is 0 Å². The summed E-state index contributed by atoms with van der Waals surface area (Å²) in [7, 11) is 0. The third kappa shape index (κ3) is 19.9. The van der Waals surface area contributed by atoms with Crippen LogP contribution in [-0.4, -0.2) is 26.6 Å². The first-order valence-corrected chi connectivity index (χ1v) is 4.72. The molecule has 0 rings (SSSR count). The Kier molecular flexibility index (Phi) is 21.1. The Bertz CT molecular complexity index is 13.5. The predicted octanol–water partition coefficient (Wildman–Crippen LogP) is -0.741. The van der Waals surface area contributed by atoms with Crippen LogP contribution in [0.3, 0.4) is 0 Å². The second-order valence-electron chi connectivity index (χ2n) is 0.204. The van der Waals surface area contributed by atoms with E-state index in [2.05, 4.69) is 0 Å². The van der Waals surface area contributed by atoms with E-state index < -0.39 is 21.1 Å². The molecule has 0 fully saturated rings. The molecule has 0 aliphatic rings. The molecule has 0 aromatic carbocycles. The molecule has 0 unspecified atom stereocenters. The summed E-state index contributed by atoms with van der Waals surface area (Å²) in [6.45, 7) is 0. The van der Waals surface area contributed by atoms with Crippen LogP contribution in [0, 0.1) is 0 Å². The predicted molar refractivity (Wildman–Crippen MR) is 15.9 cm³/mol. The van der Waals surface area contributed by atoms with Gasteiger partial charge < -0.3 is 5.48 Å². The van der Waals surface area contributed by atoms with E-state index >= 15 is 0 Å². The molecule has 25 valence electrons. The van der Waals surface area contributed by atoms with E-state index in [9.17, 15) is 0 Å². The maximum atomic E-state index is 9.10. The van der Waals surface area contributed by atoms with Gasteiger partial charge in [0.25, 0.3) is 0 Å². The van der Waals surface area contributed by atoms with Crippen LogP contribution in [0.5, 0.6) is 0 Å². The van der Waals surface area contributed by atoms with Crippen molar-refractivity contribution in [3.8, 4) is 0 Å². The summed E-state index contributed by atoms with van der Waals surface area (Å²) in [5.74, 6) is 0. The van der Waals surface area contributed by atoms with Gasteiger partial charge in [-0.15, -0.1) is 0 Å². The minimum atomic E-state index is -1.02. The average molecular weight is 168 g/mol. The quantitative estimate of drug-likeness (QED) is 0.439. The topological polar surface area (TPSA) is 48.6 Å². The van der Waals surface area contributed by atoms with Crippen molar-refractivity contribution in [3.63, 3.8) is 0 Å². The van der Waals surface area contributed by atoms with Crippen molar-refractivity contribution < 1.29 is 8.55 Å². The third-order valence-corrected chi connectivity index (χ3v) is 0. The SMILES string of the molecule is O.[CH3][Sn]=[O]. The van der Waals surface area contributed by atoms with E-state index in [1.165, 1.54) is 0 Å². The fraction of sp³-hybridized carbons (Fsp3) is 1.00. The molecule has 0 amide bonds. The van der Waals surface area contributed by atoms with Gasteiger partial charge in [0, 0.05) is 0 Å². The summed E-state index contributed by atoms with van der Waals surface area (Å²) in [6, 6.07) is 0. The van der Waals surface area contributed by atoms with Crippen LogP contribution in [0.2, 0.25) is 4.94 Å². The Labute approximate surface area is 35.1 Å². The van der Waals surface area contributed by atoms with E-state index in [0.29, 0.717) is 0 Å². The number of hydrogen-bond acceptors (Lipinski definition) is 1. The fourth-order valence-corrected chi connectivity index (χ4v) is 0. The standard InChI is InChI=1S/CH3.H2O.O.Sn/h1H3;1H2;;. The van der Waals surface area contributed by atoms with Crippen LogP contribution in [0.4, 0.5) is 0 Å². The van der Waals surface area contributed by atoms with Crippen LogP contribution in [0.15, 0.2) is 0 Å². The van der Waals surface area contributed by atoms with Crippen LogP contribution in [-0.2, 0) is 3.08 Å². The van der Waals surface area contributed by atoms with Gasteiger partial charge >= 0.3 is 29.1 Å². The summed E-state index contributed by atoms with van der Waals surface area (Å²) in [6.07, 6.45) is 0. The zero-order valence-corrected chi connectivity index (χ0v) is 5.26. The molecule has 2 nitrogen and oxygen atoms in total. The summed E-state index contributed by atoms with van der Waals surface area (Å²) < 4.78 is 9.10. The van der Waals surface area contributed by atoms with Gasteiger partial charge in [-0.25, -0.2) is 0 Å². The normalized spacial score (nSPS) is 3.25. The van der Waals surface area contributed by atoms with Crippen molar-refractivity contribution in [1.82, 2.24) is 0 Å². The molecule has 0 aliphatic carbocycles. The average Bonchev–Trinajstić information content (AvgIpc) is 0.918. The summed E-state index contributed by atoms with van der Waals surface area (Å²) >= 11 is -1.02. The first-order valence-electron chi connectivity index (χ1n) is 0.704. The molecule has 4 heavy (non-hydrogen) atoms. The molecule has 0 saturated carbocycles. The molecule has 3 heteroatoms. The van der Waals surface area contributed by atoms with Crippen LogP contribution in [0.25, 0.3) is 0 Å². The first-order chi connectivity index (χ1) is 1.41. The fourth-order valence-electron chi connectivity index (χ4n) is 0. The van der Waals surface area contributed by atoms with Gasteiger partial charge in [-0.05, 0) is 0 Å². The van der Waals surface area contributed by atoms with Gasteiger partial charge in [-0.3, -0.25) is 0 Å². The van der Waals surface area contributed by atoms with E-state index in [-0.39, 0.29) is 5.48 Å². The van der Waals surface area contributed by atoms with Crippen molar-refractivity contribution in [3.05, 3.63) is 0 Å². The van der Waals surface area contributed by atoms with Gasteiger partial charge in [-0.1, -0.05) is 0 Å². The number of rotatable bonds is 0. The second-order valence-corrected chi connectivity index (χ2v) is 1.37. The molecule has 0 aliphatic heterocycles. The Hall–Kier alpha value is 0.559. The summed E-state index contributed by atoms with van der Waals surface area (Å²) in [5.41, 5.74) is 0. The van der Waals surface area contributed by atoms with Gasteiger partial charge in [0.05, 0.1) is 0 Å². The molecule has 0 heterocycles. The molecule has 0 spiro atoms. The molecule has 0 aromatic heterocycles. The van der Waals surface area contributed by atoms with Crippen molar-refractivity contribution in [2.24, 2.45) is 0 Å². The molecule has 1 radical (unpaired) electrons. The Morgan fingerprint density at radius 3 is 1.75 bits per heavy atom. The molecule has 2 N–H and O–H groups in total. The van der Waals surface area contributed by atoms with Crippen molar-refractivity contribution in [2.75, 3.05) is 0 Å². The van der Waals surface area contributed by atoms with E-state index in [4.69, 9.17) is 3.08 Å². The maximum absolute atomic E-state index is 9.10. The molecular formula is CH5O2Sn. The van der Waals surface area contributed by atoms with Crippen LogP contribution >= 0.6 is 0 Å². The molecule has 0 saturated heterocycles. The van der Waals surface area contributed by atoms with Gasteiger partial charge in [0.1, 0.15) is 0 Å². The van der Waals surface area contributed by atoms with Gasteiger partial charge in [-0.2, -0.15) is 0 Å². The zero-order valence-electron chi connectivity index (χ0n) is 2.41. The molecule has 0 bridgehead atoms. The third-order valence-electron chi connectivity index (χ3n) is 0. The van der Waals surface area contributed by atoms with Crippen LogP contribution in [0.1, 0.15) is 0 Å².